The van der Waals surface area contributed by atoms with Gasteiger partial charge in [0.25, 0.3) is 0 Å². The van der Waals surface area contributed by atoms with Gasteiger partial charge < -0.3 is 5.11 Å². The lowest BCUT2D eigenvalue weighted by Crippen LogP contribution is -2.61. The maximum atomic E-state index is 9.75. The van der Waals surface area contributed by atoms with Crippen molar-refractivity contribution in [3.63, 3.8) is 0 Å². The molecule has 0 aliphatic heterocycles. The highest BCUT2D eigenvalue weighted by atomic mass is 79.9. The molecule has 9 rings (SSSR count). The smallest absolute Gasteiger partial charge is 0.0489 e. The summed E-state index contributed by atoms with van der Waals surface area (Å²) in [4.78, 5) is 0. The molecule has 0 aromatic carbocycles. The van der Waals surface area contributed by atoms with Crippen LogP contribution in [-0.4, -0.2) is 30.1 Å². The van der Waals surface area contributed by atoms with E-state index in [1.54, 1.807) is 0 Å². The van der Waals surface area contributed by atoms with Crippen LogP contribution < -0.4 is 0 Å². The molecule has 0 spiro atoms. The molecule has 8 fully saturated rings. The largest absolute Gasteiger partial charge is 0.396 e. The molecule has 4 atom stereocenters. The quantitative estimate of drug-likeness (QED) is 0.361. The molecule has 0 radical (unpaired) electrons. The molecule has 0 saturated heterocycles. The highest BCUT2D eigenvalue weighted by Gasteiger charge is 2.66. The lowest BCUT2D eigenvalue weighted by molar-refractivity contribution is -0.146. The lowest BCUT2D eigenvalue weighted by Gasteiger charge is -2.68. The SMILES string of the molecule is CC12CC3(C)CC(Br)(C1)CC(CO)(C2)C3.CC12CC3(C)CC(Br)(C1)CC(Cn1cccn1)(C2)C3. The van der Waals surface area contributed by atoms with E-state index in [9.17, 15) is 5.11 Å². The first-order valence-corrected chi connectivity index (χ1v) is 15.2. The van der Waals surface area contributed by atoms with E-state index in [0.717, 1.165) is 6.54 Å². The van der Waals surface area contributed by atoms with Gasteiger partial charge in [0.1, 0.15) is 0 Å². The Hall–Kier alpha value is 0.130. The Bertz CT molecular complexity index is 866. The number of rotatable bonds is 3. The normalized spacial score (nSPS) is 56.4. The third-order valence-corrected chi connectivity index (χ3v) is 12.3. The van der Waals surface area contributed by atoms with Crippen LogP contribution >= 0.6 is 31.9 Å². The summed E-state index contributed by atoms with van der Waals surface area (Å²) in [6.45, 7) is 11.4. The van der Waals surface area contributed by atoms with Gasteiger partial charge in [-0.25, -0.2) is 0 Å². The van der Waals surface area contributed by atoms with Crippen LogP contribution in [0.4, 0.5) is 0 Å². The maximum Gasteiger partial charge on any atom is 0.0489 e. The van der Waals surface area contributed by atoms with Gasteiger partial charge in [-0.15, -0.1) is 0 Å². The monoisotopic (exact) mass is 594 g/mol. The van der Waals surface area contributed by atoms with Crippen molar-refractivity contribution in [2.45, 2.75) is 120 Å². The molecule has 8 bridgehead atoms. The fourth-order valence-electron chi connectivity index (χ4n) is 12.7. The molecule has 8 saturated carbocycles. The Morgan fingerprint density at radius 1 is 0.676 bits per heavy atom. The predicted molar refractivity (Wildman–Crippen MR) is 145 cm³/mol. The number of aliphatic hydroxyl groups is 1. The zero-order valence-corrected chi connectivity index (χ0v) is 24.9. The molecule has 5 heteroatoms. The van der Waals surface area contributed by atoms with Gasteiger partial charge in [0.05, 0.1) is 0 Å². The molecule has 34 heavy (non-hydrogen) atoms. The van der Waals surface area contributed by atoms with E-state index in [1.807, 2.05) is 12.3 Å². The van der Waals surface area contributed by atoms with Crippen molar-refractivity contribution in [3.05, 3.63) is 18.5 Å². The van der Waals surface area contributed by atoms with E-state index < -0.39 is 0 Å². The number of aliphatic hydroxyl groups excluding tert-OH is 1. The van der Waals surface area contributed by atoms with Gasteiger partial charge in [0, 0.05) is 34.2 Å². The third-order valence-electron chi connectivity index (χ3n) is 10.7. The number of nitrogens with zero attached hydrogens (tertiary/aromatic N) is 2. The first-order valence-electron chi connectivity index (χ1n) is 13.6. The van der Waals surface area contributed by atoms with Gasteiger partial charge >= 0.3 is 0 Å². The molecular formula is C29H44Br2N2O. The van der Waals surface area contributed by atoms with Crippen LogP contribution in [0.1, 0.15) is 105 Å². The summed E-state index contributed by atoms with van der Waals surface area (Å²) in [5.74, 6) is 0. The average Bonchev–Trinajstić information content (AvgIpc) is 3.06. The fraction of sp³-hybridized carbons (Fsp3) is 0.897. The molecular weight excluding hydrogens is 552 g/mol. The van der Waals surface area contributed by atoms with E-state index >= 15 is 0 Å². The van der Waals surface area contributed by atoms with Crippen molar-refractivity contribution in [1.82, 2.24) is 9.78 Å². The summed E-state index contributed by atoms with van der Waals surface area (Å²) >= 11 is 8.13. The van der Waals surface area contributed by atoms with Crippen molar-refractivity contribution in [1.29, 1.82) is 0 Å². The summed E-state index contributed by atoms with van der Waals surface area (Å²) in [6.07, 6.45) is 20.0. The summed E-state index contributed by atoms with van der Waals surface area (Å²) in [5, 5.41) is 14.2. The highest BCUT2D eigenvalue weighted by Crippen LogP contribution is 2.74. The standard InChI is InChI=1S/C16H23BrN2.C13H21BrO/c1-13-6-14(2)8-15(7-13,11-16(17,9-13)10-14)12-19-5-3-4-18-19;1-10-3-11(2)5-12(4-10,9-15)8-13(14,6-10)7-11/h3-5H,6-12H2,1-2H3;15H,3-9H2,1-2H3. The first kappa shape index (κ1) is 24.5. The predicted octanol–water partition coefficient (Wildman–Crippen LogP) is 7.89. The molecule has 4 unspecified atom stereocenters. The Kier molecular flexibility index (Phi) is 5.15. The molecule has 190 valence electrons. The molecule has 0 amide bonds. The molecule has 1 aromatic rings. The Morgan fingerprint density at radius 2 is 1.12 bits per heavy atom. The third kappa shape index (κ3) is 4.10. The fourth-order valence-corrected chi connectivity index (χ4v) is 16.6. The number of hydrogen-bond donors (Lipinski definition) is 1. The lowest BCUT2D eigenvalue weighted by atomic mass is 9.40. The minimum Gasteiger partial charge on any atom is -0.396 e. The molecule has 3 nitrogen and oxygen atoms in total. The van der Waals surface area contributed by atoms with Gasteiger partial charge in [-0.2, -0.15) is 5.10 Å². The number of hydrogen-bond acceptors (Lipinski definition) is 2. The molecule has 1 aromatic heterocycles. The van der Waals surface area contributed by atoms with Crippen LogP contribution in [-0.2, 0) is 6.54 Å². The van der Waals surface area contributed by atoms with Gasteiger partial charge in [-0.1, -0.05) is 59.6 Å². The van der Waals surface area contributed by atoms with Gasteiger partial charge in [-0.3, -0.25) is 4.68 Å². The van der Waals surface area contributed by atoms with Gasteiger partial charge in [-0.05, 0) is 116 Å². The second-order valence-electron chi connectivity index (χ2n) is 16.0. The van der Waals surface area contributed by atoms with E-state index in [1.165, 1.54) is 77.0 Å². The highest BCUT2D eigenvalue weighted by molar-refractivity contribution is 9.10. The summed E-state index contributed by atoms with van der Waals surface area (Å²) in [7, 11) is 0. The van der Waals surface area contributed by atoms with Crippen molar-refractivity contribution < 1.29 is 5.11 Å². The molecule has 8 aliphatic carbocycles. The van der Waals surface area contributed by atoms with Crippen molar-refractivity contribution in [2.75, 3.05) is 6.61 Å². The average molecular weight is 596 g/mol. The van der Waals surface area contributed by atoms with Crippen LogP contribution in [0.3, 0.4) is 0 Å². The minimum absolute atomic E-state index is 0.238. The Labute approximate surface area is 223 Å². The van der Waals surface area contributed by atoms with Crippen LogP contribution in [0.15, 0.2) is 18.5 Å². The second kappa shape index (κ2) is 7.16. The molecule has 1 heterocycles. The number of alkyl halides is 2. The summed E-state index contributed by atoms with van der Waals surface area (Å²) in [6, 6.07) is 2.05. The molecule has 8 aliphatic rings. The number of halogens is 2. The summed E-state index contributed by atoms with van der Waals surface area (Å²) < 4.78 is 2.91. The Morgan fingerprint density at radius 3 is 1.50 bits per heavy atom. The van der Waals surface area contributed by atoms with E-state index in [2.05, 4.69) is 75.5 Å². The Balaban J connectivity index is 0.000000132. The van der Waals surface area contributed by atoms with Gasteiger partial charge in [0.2, 0.25) is 0 Å². The number of aromatic nitrogens is 2. The van der Waals surface area contributed by atoms with Crippen LogP contribution in [0, 0.1) is 32.5 Å². The van der Waals surface area contributed by atoms with Crippen LogP contribution in [0.25, 0.3) is 0 Å². The zero-order chi connectivity index (χ0) is 24.3. The van der Waals surface area contributed by atoms with E-state index in [4.69, 9.17) is 0 Å². The molecule has 1 N–H and O–H groups in total. The minimum atomic E-state index is 0.238. The second-order valence-corrected chi connectivity index (χ2v) is 19.4. The van der Waals surface area contributed by atoms with Gasteiger partial charge in [0.15, 0.2) is 0 Å². The van der Waals surface area contributed by atoms with Crippen LogP contribution in [0.2, 0.25) is 0 Å². The van der Waals surface area contributed by atoms with Crippen LogP contribution in [0.5, 0.6) is 0 Å². The van der Waals surface area contributed by atoms with E-state index in [-0.39, 0.29) is 5.41 Å². The zero-order valence-electron chi connectivity index (χ0n) is 21.7. The van der Waals surface area contributed by atoms with Crippen molar-refractivity contribution in [2.24, 2.45) is 32.5 Å². The maximum absolute atomic E-state index is 9.75. The topological polar surface area (TPSA) is 38.0 Å². The van der Waals surface area contributed by atoms with Crippen molar-refractivity contribution >= 4 is 31.9 Å². The summed E-state index contributed by atoms with van der Waals surface area (Å²) in [5.41, 5.74) is 2.75. The van der Waals surface area contributed by atoms with Crippen molar-refractivity contribution in [3.8, 4) is 0 Å². The van der Waals surface area contributed by atoms with E-state index in [0.29, 0.717) is 42.3 Å². The first-order chi connectivity index (χ1) is 15.6.